The van der Waals surface area contributed by atoms with Gasteiger partial charge in [-0.3, -0.25) is 14.6 Å². The average Bonchev–Trinajstić information content (AvgIpc) is 3.36. The molecule has 1 amide bonds. The maximum absolute atomic E-state index is 12.4. The number of rotatable bonds is 5. The van der Waals surface area contributed by atoms with E-state index in [0.29, 0.717) is 17.9 Å². The first-order valence-corrected chi connectivity index (χ1v) is 9.04. The summed E-state index contributed by atoms with van der Waals surface area (Å²) in [6.07, 6.45) is 3.45. The van der Waals surface area contributed by atoms with Crippen LogP contribution in [0.1, 0.15) is 21.6 Å². The molecule has 1 aromatic carbocycles. The molecule has 3 aromatic heterocycles. The van der Waals surface area contributed by atoms with Crippen molar-refractivity contribution in [2.24, 2.45) is 0 Å². The Morgan fingerprint density at radius 2 is 2.19 bits per heavy atom. The molecule has 0 unspecified atom stereocenters. The molecule has 0 aliphatic carbocycles. The highest BCUT2D eigenvalue weighted by molar-refractivity contribution is 7.13. The lowest BCUT2D eigenvalue weighted by Gasteiger charge is -2.03. The third-order valence-electron chi connectivity index (χ3n) is 3.92. The van der Waals surface area contributed by atoms with Gasteiger partial charge in [-0.25, -0.2) is 0 Å². The van der Waals surface area contributed by atoms with E-state index in [0.717, 1.165) is 10.6 Å². The molecule has 0 radical (unpaired) electrons. The number of carbonyl (C=O) groups is 1. The van der Waals surface area contributed by atoms with E-state index >= 15 is 0 Å². The molecule has 0 atom stereocenters. The minimum Gasteiger partial charge on any atom is -0.318 e. The summed E-state index contributed by atoms with van der Waals surface area (Å²) in [5.74, 6) is -0.265. The van der Waals surface area contributed by atoms with Crippen LogP contribution in [0.5, 0.6) is 0 Å². The Morgan fingerprint density at radius 3 is 3.00 bits per heavy atom. The predicted octanol–water partition coefficient (Wildman–Crippen LogP) is 3.94. The van der Waals surface area contributed by atoms with Gasteiger partial charge >= 0.3 is 0 Å². The largest absolute Gasteiger partial charge is 0.318 e. The Labute approximate surface area is 154 Å². The average molecular weight is 363 g/mol. The fourth-order valence-electron chi connectivity index (χ4n) is 2.70. The van der Waals surface area contributed by atoms with Crippen LogP contribution < -0.4 is 5.32 Å². The monoisotopic (exact) mass is 363 g/mol. The molecular formula is C19H17N5OS. The van der Waals surface area contributed by atoms with Crippen molar-refractivity contribution >= 4 is 22.9 Å². The van der Waals surface area contributed by atoms with E-state index in [2.05, 4.69) is 45.7 Å². The molecule has 0 fully saturated rings. The Bertz CT molecular complexity index is 1030. The number of carbonyl (C=O) groups excluding carboxylic acids is 1. The van der Waals surface area contributed by atoms with Gasteiger partial charge in [-0.05, 0) is 30.0 Å². The minimum absolute atomic E-state index is 0.265. The second-order valence-corrected chi connectivity index (χ2v) is 6.96. The van der Waals surface area contributed by atoms with Crippen molar-refractivity contribution in [3.05, 3.63) is 77.1 Å². The van der Waals surface area contributed by atoms with Gasteiger partial charge in [0.05, 0.1) is 29.0 Å². The van der Waals surface area contributed by atoms with Gasteiger partial charge in [-0.15, -0.1) is 11.3 Å². The number of aryl methyl sites for hydroxylation is 1. The maximum Gasteiger partial charge on any atom is 0.276 e. The SMILES string of the molecule is Cc1cccc(Cn2cc(NC(=O)c3cc(-c4cccs4)[nH]n3)cn2)c1. The molecule has 7 heteroatoms. The summed E-state index contributed by atoms with van der Waals surface area (Å²) in [6.45, 7) is 2.72. The van der Waals surface area contributed by atoms with Crippen molar-refractivity contribution in [1.29, 1.82) is 0 Å². The zero-order valence-corrected chi connectivity index (χ0v) is 15.0. The molecule has 0 spiro atoms. The van der Waals surface area contributed by atoms with Crippen LogP contribution in [0.25, 0.3) is 10.6 Å². The molecule has 0 saturated carbocycles. The summed E-state index contributed by atoms with van der Waals surface area (Å²) in [6, 6.07) is 14.0. The molecule has 0 bridgehead atoms. The number of thiophene rings is 1. The van der Waals surface area contributed by atoms with Crippen LogP contribution in [0.3, 0.4) is 0 Å². The smallest absolute Gasteiger partial charge is 0.276 e. The number of hydrogen-bond acceptors (Lipinski definition) is 4. The van der Waals surface area contributed by atoms with Gasteiger partial charge in [-0.2, -0.15) is 10.2 Å². The van der Waals surface area contributed by atoms with Gasteiger partial charge in [0, 0.05) is 6.20 Å². The molecule has 2 N–H and O–H groups in total. The fraction of sp³-hybridized carbons (Fsp3) is 0.105. The number of aromatic nitrogens is 4. The first kappa shape index (κ1) is 16.3. The van der Waals surface area contributed by atoms with Crippen LogP contribution in [0, 0.1) is 6.92 Å². The summed E-state index contributed by atoms with van der Waals surface area (Å²) < 4.78 is 1.80. The van der Waals surface area contributed by atoms with Crippen LogP contribution in [0.2, 0.25) is 0 Å². The van der Waals surface area contributed by atoms with E-state index in [-0.39, 0.29) is 5.91 Å². The summed E-state index contributed by atoms with van der Waals surface area (Å²) >= 11 is 1.59. The number of hydrogen-bond donors (Lipinski definition) is 2. The summed E-state index contributed by atoms with van der Waals surface area (Å²) in [7, 11) is 0. The van der Waals surface area contributed by atoms with Crippen LogP contribution in [0.15, 0.2) is 60.2 Å². The number of nitrogens with zero attached hydrogens (tertiary/aromatic N) is 3. The number of aromatic amines is 1. The second-order valence-electron chi connectivity index (χ2n) is 6.01. The van der Waals surface area contributed by atoms with Crippen LogP contribution in [0.4, 0.5) is 5.69 Å². The van der Waals surface area contributed by atoms with Gasteiger partial charge in [0.2, 0.25) is 0 Å². The predicted molar refractivity (Wildman–Crippen MR) is 102 cm³/mol. The van der Waals surface area contributed by atoms with Crippen LogP contribution in [-0.2, 0) is 6.54 Å². The molecule has 4 aromatic rings. The molecule has 0 saturated heterocycles. The second kappa shape index (κ2) is 6.97. The number of H-pyrrole nitrogens is 1. The molecule has 4 rings (SSSR count). The number of benzene rings is 1. The van der Waals surface area contributed by atoms with Crippen LogP contribution >= 0.6 is 11.3 Å². The molecule has 130 valence electrons. The Morgan fingerprint density at radius 1 is 1.27 bits per heavy atom. The van der Waals surface area contributed by atoms with E-state index in [1.807, 2.05) is 29.8 Å². The van der Waals surface area contributed by atoms with E-state index in [1.54, 1.807) is 28.3 Å². The summed E-state index contributed by atoms with van der Waals surface area (Å²) in [4.78, 5) is 13.4. The maximum atomic E-state index is 12.4. The van der Waals surface area contributed by atoms with E-state index in [9.17, 15) is 4.79 Å². The third kappa shape index (κ3) is 3.57. The van der Waals surface area contributed by atoms with Gasteiger partial charge in [0.15, 0.2) is 5.69 Å². The van der Waals surface area contributed by atoms with Gasteiger partial charge in [0.1, 0.15) is 0 Å². The highest BCUT2D eigenvalue weighted by Crippen LogP contribution is 2.23. The number of anilines is 1. The van der Waals surface area contributed by atoms with E-state index in [4.69, 9.17) is 0 Å². The number of nitrogens with one attached hydrogen (secondary N) is 2. The summed E-state index contributed by atoms with van der Waals surface area (Å²) in [5.41, 5.74) is 4.20. The third-order valence-corrected chi connectivity index (χ3v) is 4.82. The Kier molecular flexibility index (Phi) is 4.37. The zero-order valence-electron chi connectivity index (χ0n) is 14.1. The van der Waals surface area contributed by atoms with Crippen LogP contribution in [-0.4, -0.2) is 25.9 Å². The lowest BCUT2D eigenvalue weighted by molar-refractivity contribution is 0.102. The first-order valence-electron chi connectivity index (χ1n) is 8.16. The minimum atomic E-state index is -0.265. The topological polar surface area (TPSA) is 75.6 Å². The van der Waals surface area contributed by atoms with Crippen molar-refractivity contribution < 1.29 is 4.79 Å². The highest BCUT2D eigenvalue weighted by Gasteiger charge is 2.13. The Hall–Kier alpha value is -3.19. The highest BCUT2D eigenvalue weighted by atomic mass is 32.1. The number of amides is 1. The molecule has 0 aliphatic rings. The normalized spacial score (nSPS) is 10.8. The summed E-state index contributed by atoms with van der Waals surface area (Å²) in [5, 5.41) is 16.1. The molecule has 6 nitrogen and oxygen atoms in total. The zero-order chi connectivity index (χ0) is 17.9. The molecule has 26 heavy (non-hydrogen) atoms. The standard InChI is InChI=1S/C19H17N5OS/c1-13-4-2-5-14(8-13)11-24-12-15(10-20-24)21-19(25)17-9-16(22-23-17)18-6-3-7-26-18/h2-10,12H,11H2,1H3,(H,21,25)(H,22,23). The molecular weight excluding hydrogens is 346 g/mol. The lowest BCUT2D eigenvalue weighted by Crippen LogP contribution is -2.11. The fourth-order valence-corrected chi connectivity index (χ4v) is 3.40. The molecule has 0 aliphatic heterocycles. The van der Waals surface area contributed by atoms with Crippen molar-refractivity contribution in [3.63, 3.8) is 0 Å². The Balaban J connectivity index is 1.43. The van der Waals surface area contributed by atoms with Crippen molar-refractivity contribution in [2.45, 2.75) is 13.5 Å². The van der Waals surface area contributed by atoms with Crippen molar-refractivity contribution in [3.8, 4) is 10.6 Å². The van der Waals surface area contributed by atoms with Gasteiger partial charge in [-0.1, -0.05) is 35.9 Å². The van der Waals surface area contributed by atoms with Crippen molar-refractivity contribution in [1.82, 2.24) is 20.0 Å². The van der Waals surface area contributed by atoms with Gasteiger partial charge < -0.3 is 5.32 Å². The molecule has 3 heterocycles. The van der Waals surface area contributed by atoms with E-state index < -0.39 is 0 Å². The van der Waals surface area contributed by atoms with E-state index in [1.165, 1.54) is 11.1 Å². The lowest BCUT2D eigenvalue weighted by atomic mass is 10.1. The van der Waals surface area contributed by atoms with Gasteiger partial charge in [0.25, 0.3) is 5.91 Å². The quantitative estimate of drug-likeness (QED) is 0.564. The first-order chi connectivity index (χ1) is 12.7. The van der Waals surface area contributed by atoms with Crippen molar-refractivity contribution in [2.75, 3.05) is 5.32 Å².